The van der Waals surface area contributed by atoms with Crippen LogP contribution in [-0.4, -0.2) is 21.9 Å². The van der Waals surface area contributed by atoms with E-state index in [1.54, 1.807) is 6.92 Å². The molecule has 0 spiro atoms. The molecule has 1 amide bonds. The number of oxazole rings is 1. The molecule has 0 aliphatic carbocycles. The molecule has 94 valence electrons. The third kappa shape index (κ3) is 2.21. The number of nitro benzene ring substituents is 1. The van der Waals surface area contributed by atoms with Crippen molar-refractivity contribution in [2.45, 2.75) is 13.0 Å². The van der Waals surface area contributed by atoms with E-state index < -0.39 is 16.9 Å². The van der Waals surface area contributed by atoms with Crippen LogP contribution in [0.15, 0.2) is 22.6 Å². The molecule has 1 aromatic carbocycles. The number of fused-ring (bicyclic) bond motifs is 1. The number of nitrogens with one attached hydrogen (secondary N) is 1. The number of non-ortho nitro benzene ring substituents is 1. The number of hydrogen-bond donors (Lipinski definition) is 2. The van der Waals surface area contributed by atoms with E-state index >= 15 is 0 Å². The molecule has 1 heterocycles. The van der Waals surface area contributed by atoms with Gasteiger partial charge in [-0.1, -0.05) is 0 Å². The average molecular weight is 250 g/mol. The second-order valence-electron chi connectivity index (χ2n) is 3.70. The fourth-order valence-corrected chi connectivity index (χ4v) is 1.34. The summed E-state index contributed by atoms with van der Waals surface area (Å²) in [6.07, 6.45) is 0. The van der Waals surface area contributed by atoms with Gasteiger partial charge in [-0.2, -0.15) is 4.98 Å². The van der Waals surface area contributed by atoms with Crippen molar-refractivity contribution in [2.75, 3.05) is 5.32 Å². The van der Waals surface area contributed by atoms with Gasteiger partial charge in [-0.05, 0) is 13.0 Å². The van der Waals surface area contributed by atoms with Crippen molar-refractivity contribution >= 4 is 28.7 Å². The predicted octanol–water partition coefficient (Wildman–Crippen LogP) is 1.02. The Morgan fingerprint density at radius 2 is 2.33 bits per heavy atom. The zero-order valence-corrected chi connectivity index (χ0v) is 9.41. The lowest BCUT2D eigenvalue weighted by atomic mass is 10.3. The molecule has 0 aliphatic rings. The van der Waals surface area contributed by atoms with Gasteiger partial charge >= 0.3 is 0 Å². The average Bonchev–Trinajstić information content (AvgIpc) is 2.69. The van der Waals surface area contributed by atoms with Crippen LogP contribution in [-0.2, 0) is 4.79 Å². The summed E-state index contributed by atoms with van der Waals surface area (Å²) in [5.41, 5.74) is 5.72. The summed E-state index contributed by atoms with van der Waals surface area (Å²) < 4.78 is 5.25. The Balaban J connectivity index is 2.32. The number of benzene rings is 1. The second-order valence-corrected chi connectivity index (χ2v) is 3.70. The molecule has 3 N–H and O–H groups in total. The van der Waals surface area contributed by atoms with Gasteiger partial charge < -0.3 is 15.5 Å². The fourth-order valence-electron chi connectivity index (χ4n) is 1.34. The Bertz CT molecular complexity index is 621. The van der Waals surface area contributed by atoms with Gasteiger partial charge in [0, 0.05) is 6.07 Å². The maximum Gasteiger partial charge on any atom is 0.296 e. The molecule has 8 nitrogen and oxygen atoms in total. The van der Waals surface area contributed by atoms with Gasteiger partial charge in [0.1, 0.15) is 11.6 Å². The van der Waals surface area contributed by atoms with Crippen LogP contribution in [0.5, 0.6) is 0 Å². The van der Waals surface area contributed by atoms with Crippen LogP contribution < -0.4 is 11.1 Å². The van der Waals surface area contributed by atoms with Crippen LogP contribution in [0.1, 0.15) is 6.92 Å². The van der Waals surface area contributed by atoms with Crippen molar-refractivity contribution in [2.24, 2.45) is 5.73 Å². The Hall–Kier alpha value is -2.64. The SMILES string of the molecule is CC(Nc1nc2ccc([N+](=O)[O-])cc2o1)C(N)=O. The molecule has 0 saturated carbocycles. The molecule has 1 atom stereocenters. The van der Waals surface area contributed by atoms with E-state index in [4.69, 9.17) is 10.2 Å². The van der Waals surface area contributed by atoms with E-state index in [1.807, 2.05) is 0 Å². The summed E-state index contributed by atoms with van der Waals surface area (Å²) >= 11 is 0. The summed E-state index contributed by atoms with van der Waals surface area (Å²) in [5.74, 6) is -0.553. The van der Waals surface area contributed by atoms with Crippen molar-refractivity contribution in [3.8, 4) is 0 Å². The van der Waals surface area contributed by atoms with E-state index in [-0.39, 0.29) is 17.3 Å². The molecule has 18 heavy (non-hydrogen) atoms. The van der Waals surface area contributed by atoms with Crippen molar-refractivity contribution in [3.63, 3.8) is 0 Å². The highest BCUT2D eigenvalue weighted by Gasteiger charge is 2.14. The minimum atomic E-state index is -0.645. The Labute approximate surface area is 101 Å². The third-order valence-corrected chi connectivity index (χ3v) is 2.35. The van der Waals surface area contributed by atoms with Gasteiger partial charge in [0.2, 0.25) is 5.91 Å². The minimum absolute atomic E-state index is 0.0897. The molecule has 0 saturated heterocycles. The topological polar surface area (TPSA) is 124 Å². The zero-order valence-electron chi connectivity index (χ0n) is 9.41. The first-order chi connectivity index (χ1) is 8.47. The second kappa shape index (κ2) is 4.32. The van der Waals surface area contributed by atoms with Gasteiger partial charge in [-0.25, -0.2) is 0 Å². The minimum Gasteiger partial charge on any atom is -0.423 e. The van der Waals surface area contributed by atoms with E-state index in [9.17, 15) is 14.9 Å². The lowest BCUT2D eigenvalue weighted by Gasteiger charge is -2.05. The Morgan fingerprint density at radius 3 is 2.94 bits per heavy atom. The number of aromatic nitrogens is 1. The first-order valence-electron chi connectivity index (χ1n) is 5.08. The van der Waals surface area contributed by atoms with Gasteiger partial charge in [-0.3, -0.25) is 14.9 Å². The number of hydrogen-bond acceptors (Lipinski definition) is 6. The lowest BCUT2D eigenvalue weighted by molar-refractivity contribution is -0.384. The van der Waals surface area contributed by atoms with Crippen LogP contribution in [0.3, 0.4) is 0 Å². The van der Waals surface area contributed by atoms with Gasteiger partial charge in [0.15, 0.2) is 5.58 Å². The number of amides is 1. The first kappa shape index (κ1) is 11.8. The number of primary amides is 1. The van der Waals surface area contributed by atoms with Crippen LogP contribution in [0, 0.1) is 10.1 Å². The van der Waals surface area contributed by atoms with Crippen LogP contribution in [0.2, 0.25) is 0 Å². The summed E-state index contributed by atoms with van der Waals surface area (Å²) in [6.45, 7) is 1.56. The number of carbonyl (C=O) groups excluding carboxylic acids is 1. The first-order valence-corrected chi connectivity index (χ1v) is 5.08. The van der Waals surface area contributed by atoms with Gasteiger partial charge in [-0.15, -0.1) is 0 Å². The number of nitro groups is 1. The molecule has 2 rings (SSSR count). The van der Waals surface area contributed by atoms with Crippen LogP contribution in [0.25, 0.3) is 11.1 Å². The van der Waals surface area contributed by atoms with Gasteiger partial charge in [0.25, 0.3) is 11.7 Å². The predicted molar refractivity (Wildman–Crippen MR) is 62.9 cm³/mol. The Kier molecular flexibility index (Phi) is 2.84. The van der Waals surface area contributed by atoms with Crippen molar-refractivity contribution in [3.05, 3.63) is 28.3 Å². The highest BCUT2D eigenvalue weighted by Crippen LogP contribution is 2.23. The molecular formula is C10H10N4O4. The molecule has 2 aromatic rings. The quantitative estimate of drug-likeness (QED) is 0.616. The molecule has 1 unspecified atom stereocenters. The van der Waals surface area contributed by atoms with E-state index in [0.29, 0.717) is 5.52 Å². The maximum absolute atomic E-state index is 10.9. The van der Waals surface area contributed by atoms with Crippen LogP contribution >= 0.6 is 0 Å². The summed E-state index contributed by atoms with van der Waals surface area (Å²) in [5, 5.41) is 13.2. The van der Waals surface area contributed by atoms with Crippen molar-refractivity contribution < 1.29 is 14.1 Å². The normalized spacial score (nSPS) is 12.3. The summed E-state index contributed by atoms with van der Waals surface area (Å²) in [7, 11) is 0. The molecule has 0 fully saturated rings. The molecule has 0 aliphatic heterocycles. The van der Waals surface area contributed by atoms with Crippen molar-refractivity contribution in [1.29, 1.82) is 0 Å². The zero-order chi connectivity index (χ0) is 13.3. The van der Waals surface area contributed by atoms with Gasteiger partial charge in [0.05, 0.1) is 11.0 Å². The van der Waals surface area contributed by atoms with Crippen LogP contribution in [0.4, 0.5) is 11.7 Å². The number of nitrogens with two attached hydrogens (primary N) is 1. The number of carbonyl (C=O) groups is 1. The summed E-state index contributed by atoms with van der Waals surface area (Å²) in [4.78, 5) is 24.9. The smallest absolute Gasteiger partial charge is 0.296 e. The number of anilines is 1. The molecule has 1 aromatic heterocycles. The van der Waals surface area contributed by atoms with E-state index in [0.717, 1.165) is 0 Å². The molecule has 0 bridgehead atoms. The fraction of sp³-hybridized carbons (Fsp3) is 0.200. The number of rotatable bonds is 4. The molecular weight excluding hydrogens is 240 g/mol. The largest absolute Gasteiger partial charge is 0.423 e. The van der Waals surface area contributed by atoms with E-state index in [2.05, 4.69) is 10.3 Å². The van der Waals surface area contributed by atoms with Crippen molar-refractivity contribution in [1.82, 2.24) is 4.98 Å². The number of nitrogens with zero attached hydrogens (tertiary/aromatic N) is 2. The van der Waals surface area contributed by atoms with E-state index in [1.165, 1.54) is 18.2 Å². The lowest BCUT2D eigenvalue weighted by Crippen LogP contribution is -2.32. The highest BCUT2D eigenvalue weighted by molar-refractivity contribution is 5.82. The highest BCUT2D eigenvalue weighted by atomic mass is 16.6. The third-order valence-electron chi connectivity index (χ3n) is 2.35. The maximum atomic E-state index is 10.9. The monoisotopic (exact) mass is 250 g/mol. The Morgan fingerprint density at radius 1 is 1.61 bits per heavy atom. The molecule has 0 radical (unpaired) electrons. The summed E-state index contributed by atoms with van der Waals surface area (Å²) in [6, 6.07) is 3.51. The standard InChI is InChI=1S/C10H10N4O4/c1-5(9(11)15)12-10-13-7-3-2-6(14(16)17)4-8(7)18-10/h2-5H,1H3,(H2,11,15)(H,12,13). The molecule has 8 heteroatoms.